The van der Waals surface area contributed by atoms with Crippen LogP contribution in [0.3, 0.4) is 0 Å². The van der Waals surface area contributed by atoms with Crippen LogP contribution in [0.5, 0.6) is 0 Å². The Morgan fingerprint density at radius 3 is 2.37 bits per heavy atom. The van der Waals surface area contributed by atoms with Crippen molar-refractivity contribution < 1.29 is 24.3 Å². The third kappa shape index (κ3) is 7.44. The first kappa shape index (κ1) is 26.2. The summed E-state index contributed by atoms with van der Waals surface area (Å²) in [5.41, 5.74) is 11.3. The molecule has 0 aromatic carbocycles. The summed E-state index contributed by atoms with van der Waals surface area (Å²) in [6.07, 6.45) is 2.53. The van der Waals surface area contributed by atoms with Crippen molar-refractivity contribution in [2.75, 3.05) is 18.8 Å². The van der Waals surface area contributed by atoms with E-state index in [9.17, 15) is 24.3 Å². The van der Waals surface area contributed by atoms with Crippen molar-refractivity contribution in [1.82, 2.24) is 15.5 Å². The molecule has 0 spiro atoms. The van der Waals surface area contributed by atoms with Crippen molar-refractivity contribution in [3.63, 3.8) is 0 Å². The fourth-order valence-corrected chi connectivity index (χ4v) is 3.52. The number of nitrogens with zero attached hydrogens (tertiary/aromatic N) is 1. The van der Waals surface area contributed by atoms with Gasteiger partial charge in [-0.3, -0.25) is 14.4 Å². The Morgan fingerprint density at radius 1 is 1.17 bits per heavy atom. The SMILES string of the molecule is CC(C)C(N)C(=O)NC(CS)C(=O)N1CCCC1C(=O)NC(CCCCN)C(=O)O. The molecule has 3 amide bonds. The van der Waals surface area contributed by atoms with Crippen LogP contribution in [0.15, 0.2) is 0 Å². The number of aliphatic carboxylic acids is 1. The van der Waals surface area contributed by atoms with Gasteiger partial charge in [0, 0.05) is 12.3 Å². The van der Waals surface area contributed by atoms with E-state index in [-0.39, 0.29) is 18.1 Å². The summed E-state index contributed by atoms with van der Waals surface area (Å²) < 4.78 is 0. The van der Waals surface area contributed by atoms with Gasteiger partial charge in [-0.2, -0.15) is 12.6 Å². The maximum atomic E-state index is 13.0. The lowest BCUT2D eigenvalue weighted by atomic mass is 10.0. The first-order chi connectivity index (χ1) is 14.1. The summed E-state index contributed by atoms with van der Waals surface area (Å²) in [5, 5.41) is 14.5. The number of nitrogens with two attached hydrogens (primary N) is 2. The minimum absolute atomic E-state index is 0.0526. The van der Waals surface area contributed by atoms with Crippen LogP contribution in [-0.4, -0.2) is 76.7 Å². The number of rotatable bonds is 12. The molecule has 0 bridgehead atoms. The van der Waals surface area contributed by atoms with Crippen LogP contribution in [0.4, 0.5) is 0 Å². The Hall–Kier alpha value is -1.85. The molecule has 1 rings (SSSR count). The molecule has 4 unspecified atom stereocenters. The van der Waals surface area contributed by atoms with Gasteiger partial charge in [0.25, 0.3) is 0 Å². The standard InChI is InChI=1S/C19H35N5O5S/c1-11(2)15(21)17(26)23-13(10-30)18(27)24-9-5-7-14(24)16(25)22-12(19(28)29)6-3-4-8-20/h11-15,30H,3-10,20-21H2,1-2H3,(H,22,25)(H,23,26)(H,28,29). The Labute approximate surface area is 182 Å². The molecule has 172 valence electrons. The minimum Gasteiger partial charge on any atom is -0.480 e. The number of thiol groups is 1. The molecular formula is C19H35N5O5S. The van der Waals surface area contributed by atoms with Crippen LogP contribution >= 0.6 is 12.6 Å². The Bertz CT molecular complexity index is 618. The highest BCUT2D eigenvalue weighted by molar-refractivity contribution is 7.80. The number of amides is 3. The van der Waals surface area contributed by atoms with Crippen molar-refractivity contribution in [3.05, 3.63) is 0 Å². The number of nitrogens with one attached hydrogen (secondary N) is 2. The molecule has 10 nitrogen and oxygen atoms in total. The number of hydrogen-bond donors (Lipinski definition) is 6. The second-order valence-corrected chi connectivity index (χ2v) is 8.25. The lowest BCUT2D eigenvalue weighted by Gasteiger charge is -2.29. The molecule has 1 aliphatic heterocycles. The van der Waals surface area contributed by atoms with E-state index in [0.717, 1.165) is 0 Å². The molecule has 0 saturated carbocycles. The first-order valence-corrected chi connectivity index (χ1v) is 11.0. The van der Waals surface area contributed by atoms with Crippen molar-refractivity contribution in [1.29, 1.82) is 0 Å². The van der Waals surface area contributed by atoms with E-state index in [4.69, 9.17) is 11.5 Å². The topological polar surface area (TPSA) is 168 Å². The van der Waals surface area contributed by atoms with Gasteiger partial charge in [0.1, 0.15) is 18.1 Å². The molecule has 30 heavy (non-hydrogen) atoms. The van der Waals surface area contributed by atoms with E-state index < -0.39 is 47.9 Å². The highest BCUT2D eigenvalue weighted by Gasteiger charge is 2.38. The lowest BCUT2D eigenvalue weighted by molar-refractivity contribution is -0.144. The fraction of sp³-hybridized carbons (Fsp3) is 0.789. The quantitative estimate of drug-likeness (QED) is 0.167. The van der Waals surface area contributed by atoms with Gasteiger partial charge in [0.2, 0.25) is 17.7 Å². The third-order valence-corrected chi connectivity index (χ3v) is 5.58. The van der Waals surface area contributed by atoms with Crippen LogP contribution in [0.2, 0.25) is 0 Å². The van der Waals surface area contributed by atoms with Crippen LogP contribution in [-0.2, 0) is 19.2 Å². The van der Waals surface area contributed by atoms with Gasteiger partial charge in [0.05, 0.1) is 6.04 Å². The third-order valence-electron chi connectivity index (χ3n) is 5.22. The maximum Gasteiger partial charge on any atom is 0.326 e. The number of carbonyl (C=O) groups is 4. The maximum absolute atomic E-state index is 13.0. The lowest BCUT2D eigenvalue weighted by Crippen LogP contribution is -2.57. The average molecular weight is 446 g/mol. The molecule has 0 aromatic rings. The second kappa shape index (κ2) is 12.8. The van der Waals surface area contributed by atoms with Gasteiger partial charge >= 0.3 is 5.97 Å². The molecule has 11 heteroatoms. The van der Waals surface area contributed by atoms with Gasteiger partial charge in [-0.25, -0.2) is 4.79 Å². The summed E-state index contributed by atoms with van der Waals surface area (Å²) in [6, 6.07) is -3.50. The highest BCUT2D eigenvalue weighted by Crippen LogP contribution is 2.19. The molecular weight excluding hydrogens is 410 g/mol. The molecule has 0 radical (unpaired) electrons. The number of likely N-dealkylation sites (tertiary alicyclic amines) is 1. The second-order valence-electron chi connectivity index (χ2n) is 7.89. The van der Waals surface area contributed by atoms with Gasteiger partial charge in [0.15, 0.2) is 0 Å². The largest absolute Gasteiger partial charge is 0.480 e. The minimum atomic E-state index is -1.13. The fourth-order valence-electron chi connectivity index (χ4n) is 3.28. The molecule has 0 aliphatic carbocycles. The normalized spacial score (nSPS) is 19.3. The van der Waals surface area contributed by atoms with Crippen molar-refractivity contribution >= 4 is 36.3 Å². The molecule has 1 saturated heterocycles. The monoisotopic (exact) mass is 445 g/mol. The van der Waals surface area contributed by atoms with Crippen molar-refractivity contribution in [3.8, 4) is 0 Å². The van der Waals surface area contributed by atoms with Crippen LogP contribution in [0.25, 0.3) is 0 Å². The smallest absolute Gasteiger partial charge is 0.326 e. The van der Waals surface area contributed by atoms with Gasteiger partial charge in [-0.15, -0.1) is 0 Å². The summed E-state index contributed by atoms with van der Waals surface area (Å²) in [7, 11) is 0. The molecule has 1 fully saturated rings. The van der Waals surface area contributed by atoms with Crippen LogP contribution < -0.4 is 22.1 Å². The van der Waals surface area contributed by atoms with E-state index in [1.54, 1.807) is 13.8 Å². The number of carboxylic acids is 1. The van der Waals surface area contributed by atoms with Gasteiger partial charge in [-0.1, -0.05) is 13.8 Å². The Balaban J connectivity index is 2.80. The Kier molecular flexibility index (Phi) is 11.1. The number of unbranched alkanes of at least 4 members (excludes halogenated alkanes) is 1. The molecule has 0 aromatic heterocycles. The van der Waals surface area contributed by atoms with Crippen molar-refractivity contribution in [2.45, 2.75) is 70.1 Å². The Morgan fingerprint density at radius 2 is 1.83 bits per heavy atom. The average Bonchev–Trinajstić information content (AvgIpc) is 3.19. The van der Waals surface area contributed by atoms with E-state index in [2.05, 4.69) is 23.3 Å². The van der Waals surface area contributed by atoms with E-state index in [1.807, 2.05) is 0 Å². The molecule has 1 heterocycles. The van der Waals surface area contributed by atoms with E-state index in [0.29, 0.717) is 38.8 Å². The summed E-state index contributed by atoms with van der Waals surface area (Å²) in [4.78, 5) is 50.8. The molecule has 7 N–H and O–H groups in total. The van der Waals surface area contributed by atoms with Crippen LogP contribution in [0, 0.1) is 5.92 Å². The van der Waals surface area contributed by atoms with Gasteiger partial charge in [-0.05, 0) is 44.6 Å². The summed E-state index contributed by atoms with van der Waals surface area (Å²) in [5.74, 6) is -2.57. The molecule has 1 aliphatic rings. The summed E-state index contributed by atoms with van der Waals surface area (Å²) >= 11 is 4.16. The number of carboxylic acid groups (broad SMARTS) is 1. The van der Waals surface area contributed by atoms with E-state index in [1.165, 1.54) is 4.90 Å². The predicted octanol–water partition coefficient (Wildman–Crippen LogP) is -0.926. The molecule has 4 atom stereocenters. The van der Waals surface area contributed by atoms with Crippen molar-refractivity contribution in [2.24, 2.45) is 17.4 Å². The zero-order valence-corrected chi connectivity index (χ0v) is 18.6. The van der Waals surface area contributed by atoms with Crippen LogP contribution in [0.1, 0.15) is 46.0 Å². The van der Waals surface area contributed by atoms with Gasteiger partial charge < -0.3 is 32.1 Å². The number of hydrogen-bond acceptors (Lipinski definition) is 7. The number of carbonyl (C=O) groups excluding carboxylic acids is 3. The van der Waals surface area contributed by atoms with E-state index >= 15 is 0 Å². The zero-order valence-electron chi connectivity index (χ0n) is 17.7. The highest BCUT2D eigenvalue weighted by atomic mass is 32.1. The summed E-state index contributed by atoms with van der Waals surface area (Å²) in [6.45, 7) is 4.39. The predicted molar refractivity (Wildman–Crippen MR) is 116 cm³/mol. The first-order valence-electron chi connectivity index (χ1n) is 10.3. The zero-order chi connectivity index (χ0) is 22.8.